The Hall–Kier alpha value is 1.56. The first-order chi connectivity index (χ1) is 10.6. The Bertz CT molecular complexity index is 455. The smallest absolute Gasteiger partial charge is 0.333 e. The number of hydrogen-bond acceptors (Lipinski definition) is 4. The van der Waals surface area contributed by atoms with Crippen LogP contribution in [0, 0.1) is 10.8 Å². The first-order valence-electron chi connectivity index (χ1n) is 6.63. The summed E-state index contributed by atoms with van der Waals surface area (Å²) in [6.45, 7) is 7.57. The van der Waals surface area contributed by atoms with Gasteiger partial charge in [-0.25, -0.2) is 9.59 Å². The fourth-order valence-electron chi connectivity index (χ4n) is 0.889. The Morgan fingerprint density at radius 3 is 1.21 bits per heavy atom. The molecule has 0 fully saturated rings. The van der Waals surface area contributed by atoms with Crippen LogP contribution >= 0.6 is 95.6 Å². The molecular formula is C14H18Br6O4. The van der Waals surface area contributed by atoms with E-state index in [1.807, 2.05) is 27.7 Å². The summed E-state index contributed by atoms with van der Waals surface area (Å²) < 4.78 is 8.45. The zero-order chi connectivity index (χ0) is 19.4. The fraction of sp³-hybridized carbons (Fsp3) is 0.714. The summed E-state index contributed by atoms with van der Waals surface area (Å²) in [4.78, 5) is 23.8. The number of rotatable bonds is 8. The van der Waals surface area contributed by atoms with Crippen molar-refractivity contribution in [3.8, 4) is 0 Å². The Balaban J connectivity index is 4.87. The molecule has 0 aliphatic rings. The van der Waals surface area contributed by atoms with E-state index in [0.29, 0.717) is 10.7 Å². The quantitative estimate of drug-likeness (QED) is 0.166. The first-order valence-corrected chi connectivity index (χ1v) is 12.0. The average molecular weight is 730 g/mol. The second-order valence-corrected chi connectivity index (χ2v) is 14.0. The molecule has 0 amide bonds. The topological polar surface area (TPSA) is 52.6 Å². The van der Waals surface area contributed by atoms with Crippen molar-refractivity contribution in [1.82, 2.24) is 0 Å². The van der Waals surface area contributed by atoms with Crippen LogP contribution in [-0.2, 0) is 19.1 Å². The molecule has 0 aliphatic carbocycles. The molecule has 0 atom stereocenters. The fourth-order valence-corrected chi connectivity index (χ4v) is 4.38. The van der Waals surface area contributed by atoms with E-state index in [9.17, 15) is 9.59 Å². The van der Waals surface area contributed by atoms with E-state index < -0.39 is 29.6 Å². The van der Waals surface area contributed by atoms with Crippen molar-refractivity contribution in [2.24, 2.45) is 10.8 Å². The molecule has 140 valence electrons. The van der Waals surface area contributed by atoms with E-state index in [-0.39, 0.29) is 0 Å². The predicted octanol–water partition coefficient (Wildman–Crippen LogP) is 6.36. The van der Waals surface area contributed by atoms with E-state index in [1.54, 1.807) is 0 Å². The summed E-state index contributed by atoms with van der Waals surface area (Å²) in [5, 5.41) is 1.15. The van der Waals surface area contributed by atoms with Crippen molar-refractivity contribution in [1.29, 1.82) is 0 Å². The molecule has 24 heavy (non-hydrogen) atoms. The molecule has 0 aromatic carbocycles. The Morgan fingerprint density at radius 1 is 0.750 bits per heavy atom. The van der Waals surface area contributed by atoms with E-state index in [0.717, 1.165) is 12.2 Å². The highest BCUT2D eigenvalue weighted by molar-refractivity contribution is 9.25. The lowest BCUT2D eigenvalue weighted by atomic mass is 9.98. The third-order valence-corrected chi connectivity index (χ3v) is 10.8. The maximum absolute atomic E-state index is 11.9. The molecule has 0 saturated carbocycles. The molecule has 0 aliphatic heterocycles. The third kappa shape index (κ3) is 7.29. The minimum absolute atomic E-state index is 0.433. The second-order valence-electron chi connectivity index (χ2n) is 6.24. The van der Waals surface area contributed by atoms with Crippen LogP contribution in [0.3, 0.4) is 0 Å². The van der Waals surface area contributed by atoms with Crippen molar-refractivity contribution < 1.29 is 19.1 Å². The number of carbonyl (C=O) groups excluding carboxylic acids is 2. The van der Waals surface area contributed by atoms with E-state index in [1.165, 1.54) is 0 Å². The van der Waals surface area contributed by atoms with Gasteiger partial charge in [-0.2, -0.15) is 0 Å². The monoisotopic (exact) mass is 724 g/mol. The van der Waals surface area contributed by atoms with Crippen molar-refractivity contribution in [2.75, 3.05) is 10.7 Å². The van der Waals surface area contributed by atoms with Crippen LogP contribution in [0.2, 0.25) is 0 Å². The molecule has 0 aromatic rings. The molecule has 0 radical (unpaired) electrons. The van der Waals surface area contributed by atoms with Crippen LogP contribution in [0.25, 0.3) is 0 Å². The SMILES string of the molecule is CC(C)(CBr)C(Br)(Br)OC(=O)/C=C\C(=O)OC(Br)(Br)C(C)(C)CBr. The summed E-state index contributed by atoms with van der Waals surface area (Å²) in [6.07, 6.45) is 2.03. The maximum atomic E-state index is 11.9. The molecule has 4 nitrogen and oxygen atoms in total. The largest absolute Gasteiger partial charge is 0.433 e. The highest BCUT2D eigenvalue weighted by Gasteiger charge is 2.44. The van der Waals surface area contributed by atoms with Gasteiger partial charge in [0.05, 0.1) is 0 Å². The average Bonchev–Trinajstić information content (AvgIpc) is 2.43. The highest BCUT2D eigenvalue weighted by Crippen LogP contribution is 2.47. The summed E-state index contributed by atoms with van der Waals surface area (Å²) in [6, 6.07) is 0. The molecule has 0 unspecified atom stereocenters. The van der Waals surface area contributed by atoms with Crippen molar-refractivity contribution in [3.63, 3.8) is 0 Å². The second kappa shape index (κ2) is 9.66. The highest BCUT2D eigenvalue weighted by atomic mass is 79.9. The standard InChI is InChI=1S/C14H18Br6O4/c1-11(2,7-15)13(17,18)23-9(21)5-6-10(22)24-14(19,20)12(3,4)8-16/h5-6H,7-8H2,1-4H3/b6-5-. The van der Waals surface area contributed by atoms with Gasteiger partial charge in [0.25, 0.3) is 0 Å². The summed E-state index contributed by atoms with van der Waals surface area (Å²) in [7, 11) is 0. The van der Waals surface area contributed by atoms with Gasteiger partial charge in [-0.1, -0.05) is 59.6 Å². The number of esters is 2. The molecule has 0 saturated heterocycles. The number of hydrogen-bond donors (Lipinski definition) is 0. The Morgan fingerprint density at radius 2 is 1.00 bits per heavy atom. The number of carbonyl (C=O) groups is 2. The normalized spacial score (nSPS) is 13.9. The van der Waals surface area contributed by atoms with Gasteiger partial charge in [-0.05, 0) is 63.7 Å². The van der Waals surface area contributed by atoms with Crippen molar-refractivity contribution in [2.45, 2.75) is 34.5 Å². The third-order valence-electron chi connectivity index (χ3n) is 3.06. The summed E-state index contributed by atoms with van der Waals surface area (Å²) in [5.74, 6) is -1.38. The molecule has 0 aromatic heterocycles. The minimum atomic E-state index is -1.08. The number of alkyl halides is 6. The van der Waals surface area contributed by atoms with Crippen molar-refractivity contribution >= 4 is 108 Å². The predicted molar refractivity (Wildman–Crippen MR) is 118 cm³/mol. The van der Waals surface area contributed by atoms with Gasteiger partial charge in [0.1, 0.15) is 0 Å². The van der Waals surface area contributed by atoms with Gasteiger partial charge in [-0.3, -0.25) is 0 Å². The Kier molecular flexibility index (Phi) is 10.3. The van der Waals surface area contributed by atoms with Crippen LogP contribution in [-0.4, -0.2) is 29.4 Å². The van der Waals surface area contributed by atoms with Gasteiger partial charge < -0.3 is 9.47 Å². The van der Waals surface area contributed by atoms with Crippen LogP contribution in [0.4, 0.5) is 0 Å². The maximum Gasteiger partial charge on any atom is 0.333 e. The first kappa shape index (κ1) is 25.6. The molecule has 0 heterocycles. The van der Waals surface area contributed by atoms with Crippen LogP contribution in [0.5, 0.6) is 0 Å². The lowest BCUT2D eigenvalue weighted by molar-refractivity contribution is -0.146. The molecule has 0 spiro atoms. The summed E-state index contributed by atoms with van der Waals surface area (Å²) in [5.41, 5.74) is -0.866. The lowest BCUT2D eigenvalue weighted by Gasteiger charge is -2.35. The van der Waals surface area contributed by atoms with Crippen LogP contribution in [0.15, 0.2) is 12.2 Å². The molecule has 10 heteroatoms. The number of halogens is 6. The zero-order valence-corrected chi connectivity index (χ0v) is 23.0. The van der Waals surface area contributed by atoms with Crippen molar-refractivity contribution in [3.05, 3.63) is 12.2 Å². The van der Waals surface area contributed by atoms with E-state index in [2.05, 4.69) is 95.6 Å². The number of ether oxygens (including phenoxy) is 2. The van der Waals surface area contributed by atoms with Crippen LogP contribution < -0.4 is 0 Å². The zero-order valence-electron chi connectivity index (χ0n) is 13.5. The van der Waals surface area contributed by atoms with E-state index >= 15 is 0 Å². The molecule has 0 N–H and O–H groups in total. The molecular weight excluding hydrogens is 712 g/mol. The van der Waals surface area contributed by atoms with E-state index in [4.69, 9.17) is 9.47 Å². The summed E-state index contributed by atoms with van der Waals surface area (Å²) >= 11 is 20.0. The molecule has 0 rings (SSSR count). The van der Waals surface area contributed by atoms with Gasteiger partial charge in [0.15, 0.2) is 0 Å². The van der Waals surface area contributed by atoms with Gasteiger partial charge in [-0.15, -0.1) is 0 Å². The minimum Gasteiger partial charge on any atom is -0.433 e. The van der Waals surface area contributed by atoms with Gasteiger partial charge >= 0.3 is 11.9 Å². The van der Waals surface area contributed by atoms with Crippen LogP contribution in [0.1, 0.15) is 27.7 Å². The van der Waals surface area contributed by atoms with Gasteiger partial charge in [0, 0.05) is 33.6 Å². The van der Waals surface area contributed by atoms with Gasteiger partial charge in [0.2, 0.25) is 6.84 Å². The Labute approximate surface area is 193 Å². The molecule has 0 bridgehead atoms. The lowest BCUT2D eigenvalue weighted by Crippen LogP contribution is -2.39.